The lowest BCUT2D eigenvalue weighted by Gasteiger charge is -2.08. The van der Waals surface area contributed by atoms with Crippen molar-refractivity contribution in [2.45, 2.75) is 0 Å². The van der Waals surface area contributed by atoms with Gasteiger partial charge in [-0.25, -0.2) is 5.43 Å². The fourth-order valence-electron chi connectivity index (χ4n) is 2.45. The molecule has 3 rings (SSSR count). The van der Waals surface area contributed by atoms with Crippen LogP contribution in [0.2, 0.25) is 0 Å². The van der Waals surface area contributed by atoms with Crippen LogP contribution in [0.3, 0.4) is 0 Å². The van der Waals surface area contributed by atoms with Crippen molar-refractivity contribution >= 4 is 51.4 Å². The molecule has 1 heterocycles. The largest absolute Gasteiger partial charge is 0.496 e. The molecule has 0 saturated carbocycles. The third kappa shape index (κ3) is 5.88. The Morgan fingerprint density at radius 3 is 2.57 bits per heavy atom. The monoisotopic (exact) mass is 483 g/mol. The van der Waals surface area contributed by atoms with Crippen LogP contribution in [0, 0.1) is 0 Å². The molecule has 0 fully saturated rings. The molecular formula is C22H18BrN3O3S. The summed E-state index contributed by atoms with van der Waals surface area (Å²) in [4.78, 5) is 26.0. The summed E-state index contributed by atoms with van der Waals surface area (Å²) in [7, 11) is 1.58. The van der Waals surface area contributed by atoms with Crippen LogP contribution in [0.4, 0.5) is 0 Å². The number of nitrogens with one attached hydrogen (secondary N) is 2. The minimum atomic E-state index is -0.531. The quantitative estimate of drug-likeness (QED) is 0.296. The molecule has 6 nitrogen and oxygen atoms in total. The molecule has 2 N–H and O–H groups in total. The van der Waals surface area contributed by atoms with Gasteiger partial charge in [-0.2, -0.15) is 5.10 Å². The van der Waals surface area contributed by atoms with Crippen LogP contribution in [0.25, 0.3) is 6.08 Å². The number of benzene rings is 2. The third-order valence-electron chi connectivity index (χ3n) is 3.91. The van der Waals surface area contributed by atoms with Crippen molar-refractivity contribution in [3.8, 4) is 5.75 Å². The Kier molecular flexibility index (Phi) is 7.53. The summed E-state index contributed by atoms with van der Waals surface area (Å²) in [5.41, 5.74) is 3.77. The molecule has 0 unspecified atom stereocenters. The van der Waals surface area contributed by atoms with Crippen molar-refractivity contribution in [2.24, 2.45) is 5.10 Å². The number of methoxy groups -OCH3 is 1. The molecule has 0 aliphatic heterocycles. The Balaban J connectivity index is 1.73. The van der Waals surface area contributed by atoms with Crippen molar-refractivity contribution < 1.29 is 14.3 Å². The maximum Gasteiger partial charge on any atom is 0.287 e. The van der Waals surface area contributed by atoms with Gasteiger partial charge in [0.05, 0.1) is 17.8 Å². The number of carbonyl (C=O) groups excluding carboxylic acids is 2. The van der Waals surface area contributed by atoms with E-state index in [1.165, 1.54) is 17.6 Å². The Labute approximate surface area is 186 Å². The lowest BCUT2D eigenvalue weighted by atomic mass is 10.2. The molecule has 0 bridgehead atoms. The van der Waals surface area contributed by atoms with Crippen LogP contribution in [0.1, 0.15) is 20.8 Å². The second-order valence-corrected chi connectivity index (χ2v) is 7.82. The number of halogens is 1. The molecule has 30 heavy (non-hydrogen) atoms. The van der Waals surface area contributed by atoms with Crippen molar-refractivity contribution in [3.05, 3.63) is 92.2 Å². The van der Waals surface area contributed by atoms with Crippen LogP contribution in [0.15, 0.2) is 81.3 Å². The summed E-state index contributed by atoms with van der Waals surface area (Å²) in [6.07, 6.45) is 3.12. The van der Waals surface area contributed by atoms with Gasteiger partial charge in [0.1, 0.15) is 11.4 Å². The van der Waals surface area contributed by atoms with E-state index in [1.807, 2.05) is 29.6 Å². The summed E-state index contributed by atoms with van der Waals surface area (Å²) >= 11 is 4.86. The number of rotatable bonds is 7. The lowest BCUT2D eigenvalue weighted by molar-refractivity contribution is -0.117. The van der Waals surface area contributed by atoms with Gasteiger partial charge < -0.3 is 10.1 Å². The Morgan fingerprint density at radius 2 is 1.90 bits per heavy atom. The highest BCUT2D eigenvalue weighted by Crippen LogP contribution is 2.24. The maximum absolute atomic E-state index is 12.7. The predicted molar refractivity (Wildman–Crippen MR) is 123 cm³/mol. The molecule has 0 saturated heterocycles. The molecule has 1 aromatic heterocycles. The highest BCUT2D eigenvalue weighted by Gasteiger charge is 2.14. The number of hydrogen-bond donors (Lipinski definition) is 2. The fraction of sp³-hybridized carbons (Fsp3) is 0.0455. The van der Waals surface area contributed by atoms with Gasteiger partial charge in [0.25, 0.3) is 11.8 Å². The summed E-state index contributed by atoms with van der Waals surface area (Å²) in [5.74, 6) is -0.214. The SMILES string of the molecule is COc1ccc(/C=N/NC(=O)/C(=C\c2cccs2)NC(=O)c2ccccc2)cc1Br. The number of thiophene rings is 1. The molecule has 152 valence electrons. The molecule has 3 aromatic rings. The molecule has 0 aliphatic rings. The van der Waals surface area contributed by atoms with Gasteiger partial charge in [0.15, 0.2) is 0 Å². The fourth-order valence-corrected chi connectivity index (χ4v) is 3.66. The zero-order valence-corrected chi connectivity index (χ0v) is 18.4. The summed E-state index contributed by atoms with van der Waals surface area (Å²) in [5, 5.41) is 8.55. The Bertz CT molecular complexity index is 1080. The Morgan fingerprint density at radius 1 is 1.10 bits per heavy atom. The Hall–Kier alpha value is -3.23. The van der Waals surface area contributed by atoms with Crippen LogP contribution in [-0.2, 0) is 4.79 Å². The van der Waals surface area contributed by atoms with E-state index < -0.39 is 5.91 Å². The zero-order valence-electron chi connectivity index (χ0n) is 16.0. The number of nitrogens with zero attached hydrogens (tertiary/aromatic N) is 1. The van der Waals surface area contributed by atoms with E-state index in [9.17, 15) is 9.59 Å². The van der Waals surface area contributed by atoms with E-state index in [1.54, 1.807) is 49.6 Å². The number of amides is 2. The molecule has 8 heteroatoms. The second-order valence-electron chi connectivity index (χ2n) is 5.99. The van der Waals surface area contributed by atoms with E-state index >= 15 is 0 Å². The van der Waals surface area contributed by atoms with Crippen LogP contribution in [-0.4, -0.2) is 25.1 Å². The van der Waals surface area contributed by atoms with Crippen molar-refractivity contribution in [1.82, 2.24) is 10.7 Å². The van der Waals surface area contributed by atoms with Gasteiger partial charge in [0, 0.05) is 10.4 Å². The van der Waals surface area contributed by atoms with Crippen molar-refractivity contribution in [2.75, 3.05) is 7.11 Å². The molecule has 0 radical (unpaired) electrons. The second kappa shape index (κ2) is 10.5. The lowest BCUT2D eigenvalue weighted by Crippen LogP contribution is -2.32. The number of ether oxygens (including phenoxy) is 1. The van der Waals surface area contributed by atoms with Gasteiger partial charge >= 0.3 is 0 Å². The summed E-state index contributed by atoms with van der Waals surface area (Å²) < 4.78 is 5.96. The molecule has 0 aliphatic carbocycles. The molecular weight excluding hydrogens is 466 g/mol. The topological polar surface area (TPSA) is 79.8 Å². The van der Waals surface area contributed by atoms with Crippen molar-refractivity contribution in [1.29, 1.82) is 0 Å². The molecule has 2 aromatic carbocycles. The van der Waals surface area contributed by atoms with E-state index in [2.05, 4.69) is 31.8 Å². The number of hydrogen-bond acceptors (Lipinski definition) is 5. The van der Waals surface area contributed by atoms with Crippen molar-refractivity contribution in [3.63, 3.8) is 0 Å². The van der Waals surface area contributed by atoms with Crippen LogP contribution < -0.4 is 15.5 Å². The van der Waals surface area contributed by atoms with Gasteiger partial charge in [-0.3, -0.25) is 9.59 Å². The molecule has 0 atom stereocenters. The smallest absolute Gasteiger partial charge is 0.287 e. The molecule has 0 spiro atoms. The van der Waals surface area contributed by atoms with Gasteiger partial charge in [-0.05, 0) is 69.3 Å². The zero-order chi connectivity index (χ0) is 21.3. The van der Waals surface area contributed by atoms with E-state index in [0.717, 1.165) is 14.9 Å². The van der Waals surface area contributed by atoms with E-state index in [4.69, 9.17) is 4.74 Å². The van der Waals surface area contributed by atoms with E-state index in [0.29, 0.717) is 11.3 Å². The van der Waals surface area contributed by atoms with Gasteiger partial charge in [-0.1, -0.05) is 24.3 Å². The number of hydrazone groups is 1. The third-order valence-corrected chi connectivity index (χ3v) is 5.35. The van der Waals surface area contributed by atoms with Gasteiger partial charge in [-0.15, -0.1) is 11.3 Å². The predicted octanol–water partition coefficient (Wildman–Crippen LogP) is 4.44. The first-order chi connectivity index (χ1) is 14.6. The summed E-state index contributed by atoms with van der Waals surface area (Å²) in [6.45, 7) is 0. The average molecular weight is 484 g/mol. The number of carbonyl (C=O) groups is 2. The average Bonchev–Trinajstić information content (AvgIpc) is 3.27. The minimum Gasteiger partial charge on any atom is -0.496 e. The molecule has 2 amide bonds. The van der Waals surface area contributed by atoms with Gasteiger partial charge in [0.2, 0.25) is 0 Å². The normalized spacial score (nSPS) is 11.3. The van der Waals surface area contributed by atoms with Crippen LogP contribution >= 0.6 is 27.3 Å². The minimum absolute atomic E-state index is 0.0966. The standard InChI is InChI=1S/C22H18BrN3O3S/c1-29-20-10-9-15(12-18(20)23)14-24-26-22(28)19(13-17-8-5-11-30-17)25-21(27)16-6-3-2-4-7-16/h2-14H,1H3,(H,25,27)(H,26,28)/b19-13+,24-14+. The maximum atomic E-state index is 12.7. The first-order valence-corrected chi connectivity index (χ1v) is 10.5. The van der Waals surface area contributed by atoms with Crippen LogP contribution in [0.5, 0.6) is 5.75 Å². The van der Waals surface area contributed by atoms with E-state index in [-0.39, 0.29) is 11.6 Å². The summed E-state index contributed by atoms with van der Waals surface area (Å²) in [6, 6.07) is 17.8. The highest BCUT2D eigenvalue weighted by molar-refractivity contribution is 9.10. The first-order valence-electron chi connectivity index (χ1n) is 8.85. The first kappa shape index (κ1) is 21.5. The highest BCUT2D eigenvalue weighted by atomic mass is 79.9.